The first-order valence-corrected chi connectivity index (χ1v) is 7.24. The van der Waals surface area contributed by atoms with Gasteiger partial charge in [-0.15, -0.1) is 0 Å². The molecule has 0 saturated carbocycles. The van der Waals surface area contributed by atoms with Crippen LogP contribution in [0.4, 0.5) is 5.69 Å². The minimum Gasteiger partial charge on any atom is -0.392 e. The van der Waals surface area contributed by atoms with Crippen LogP contribution in [0, 0.1) is 0 Å². The average molecular weight is 257 g/mol. The molecule has 0 aromatic heterocycles. The van der Waals surface area contributed by atoms with Gasteiger partial charge in [-0.05, 0) is 31.2 Å². The van der Waals surface area contributed by atoms with Crippen LogP contribution in [-0.2, 0) is 9.84 Å². The molecule has 0 aliphatic rings. The number of sulfone groups is 1. The van der Waals surface area contributed by atoms with Crippen LogP contribution >= 0.6 is 0 Å². The molecule has 0 aliphatic heterocycles. The van der Waals surface area contributed by atoms with Gasteiger partial charge in [0.15, 0.2) is 9.84 Å². The number of likely N-dealkylation sites (N-methyl/N-ethyl adjacent to an activating group) is 1. The third-order valence-electron chi connectivity index (χ3n) is 2.55. The highest BCUT2D eigenvalue weighted by atomic mass is 32.2. The first-order valence-electron chi connectivity index (χ1n) is 5.59. The maximum atomic E-state index is 11.6. The molecule has 0 spiro atoms. The van der Waals surface area contributed by atoms with Crippen LogP contribution in [-0.4, -0.2) is 39.0 Å². The first kappa shape index (κ1) is 14.0. The van der Waals surface area contributed by atoms with Crippen LogP contribution in [0.5, 0.6) is 0 Å². The topological polar surface area (TPSA) is 57.6 Å². The Balaban J connectivity index is 2.89. The molecule has 17 heavy (non-hydrogen) atoms. The van der Waals surface area contributed by atoms with Gasteiger partial charge in [0.25, 0.3) is 0 Å². The predicted molar refractivity (Wildman–Crippen MR) is 69.1 cm³/mol. The van der Waals surface area contributed by atoms with Crippen molar-refractivity contribution in [3.8, 4) is 0 Å². The second kappa shape index (κ2) is 5.51. The largest absolute Gasteiger partial charge is 0.392 e. The van der Waals surface area contributed by atoms with Gasteiger partial charge in [-0.2, -0.15) is 0 Å². The van der Waals surface area contributed by atoms with E-state index < -0.39 is 15.9 Å². The highest BCUT2D eigenvalue weighted by Gasteiger charge is 2.11. The number of benzene rings is 1. The van der Waals surface area contributed by atoms with E-state index in [9.17, 15) is 13.5 Å². The Hall–Kier alpha value is -1.07. The zero-order valence-corrected chi connectivity index (χ0v) is 11.2. The number of anilines is 1. The van der Waals surface area contributed by atoms with E-state index in [-0.39, 0.29) is 5.75 Å². The van der Waals surface area contributed by atoms with Crippen molar-refractivity contribution in [1.82, 2.24) is 0 Å². The van der Waals surface area contributed by atoms with Gasteiger partial charge in [0.2, 0.25) is 0 Å². The van der Waals surface area contributed by atoms with Crippen molar-refractivity contribution in [3.05, 3.63) is 24.3 Å². The van der Waals surface area contributed by atoms with Crippen molar-refractivity contribution < 1.29 is 13.5 Å². The monoisotopic (exact) mass is 257 g/mol. The molecule has 0 saturated heterocycles. The molecule has 1 atom stereocenters. The molecule has 1 rings (SSSR count). The molecule has 0 radical (unpaired) electrons. The Morgan fingerprint density at radius 1 is 1.29 bits per heavy atom. The summed E-state index contributed by atoms with van der Waals surface area (Å²) in [4.78, 5) is 2.22. The highest BCUT2D eigenvalue weighted by Crippen LogP contribution is 2.18. The molecule has 0 aliphatic carbocycles. The van der Waals surface area contributed by atoms with E-state index >= 15 is 0 Å². The Morgan fingerprint density at radius 3 is 2.24 bits per heavy atom. The van der Waals surface area contributed by atoms with Gasteiger partial charge in [0, 0.05) is 19.3 Å². The molecule has 1 aromatic rings. The van der Waals surface area contributed by atoms with E-state index in [1.165, 1.54) is 0 Å². The number of hydrogen-bond acceptors (Lipinski definition) is 4. The summed E-state index contributed by atoms with van der Waals surface area (Å²) in [6, 6.07) is 6.72. The lowest BCUT2D eigenvalue weighted by Gasteiger charge is -2.21. The lowest BCUT2D eigenvalue weighted by atomic mass is 10.3. The van der Waals surface area contributed by atoms with Crippen molar-refractivity contribution in [1.29, 1.82) is 0 Å². The quantitative estimate of drug-likeness (QED) is 0.863. The van der Waals surface area contributed by atoms with E-state index in [0.29, 0.717) is 11.4 Å². The lowest BCUT2D eigenvalue weighted by Crippen LogP contribution is -2.26. The minimum atomic E-state index is -3.13. The molecule has 4 nitrogen and oxygen atoms in total. The Morgan fingerprint density at radius 2 is 1.82 bits per heavy atom. The van der Waals surface area contributed by atoms with E-state index in [1.54, 1.807) is 38.1 Å². The van der Waals surface area contributed by atoms with Gasteiger partial charge >= 0.3 is 0 Å². The van der Waals surface area contributed by atoms with Crippen LogP contribution in [0.1, 0.15) is 13.8 Å². The summed E-state index contributed by atoms with van der Waals surface area (Å²) >= 11 is 0. The van der Waals surface area contributed by atoms with Gasteiger partial charge in [-0.3, -0.25) is 0 Å². The molecule has 0 fully saturated rings. The molecular formula is C12H19NO3S. The van der Waals surface area contributed by atoms with Crippen LogP contribution in [0.15, 0.2) is 29.2 Å². The number of aliphatic hydroxyl groups is 1. The van der Waals surface area contributed by atoms with Crippen molar-refractivity contribution >= 4 is 15.5 Å². The van der Waals surface area contributed by atoms with Gasteiger partial charge in [-0.25, -0.2) is 8.42 Å². The molecular weight excluding hydrogens is 238 g/mol. The highest BCUT2D eigenvalue weighted by molar-refractivity contribution is 7.91. The molecule has 0 heterocycles. The summed E-state index contributed by atoms with van der Waals surface area (Å²) in [5.41, 5.74) is 0.890. The molecule has 0 amide bonds. The molecule has 1 N–H and O–H groups in total. The number of nitrogens with zero attached hydrogens (tertiary/aromatic N) is 1. The normalized spacial score (nSPS) is 13.4. The van der Waals surface area contributed by atoms with Crippen LogP contribution < -0.4 is 4.90 Å². The fourth-order valence-electron chi connectivity index (χ4n) is 1.58. The number of rotatable bonds is 5. The molecule has 1 unspecified atom stereocenters. The van der Waals surface area contributed by atoms with E-state index in [2.05, 4.69) is 0 Å². The standard InChI is InChI=1S/C12H19NO3S/c1-4-17(15,16)12-7-5-11(6-8-12)13(3)9-10(2)14/h5-8,10,14H,4,9H2,1-3H3. The Labute approximate surface area is 103 Å². The molecule has 1 aromatic carbocycles. The summed E-state index contributed by atoms with van der Waals surface area (Å²) in [6.45, 7) is 3.86. The Bertz CT molecular complexity index is 451. The average Bonchev–Trinajstić information content (AvgIpc) is 2.28. The fraction of sp³-hybridized carbons (Fsp3) is 0.500. The fourth-order valence-corrected chi connectivity index (χ4v) is 2.46. The smallest absolute Gasteiger partial charge is 0.178 e. The molecule has 0 bridgehead atoms. The Kier molecular flexibility index (Phi) is 4.54. The van der Waals surface area contributed by atoms with Crippen molar-refractivity contribution in [2.24, 2.45) is 0 Å². The number of aliphatic hydroxyl groups excluding tert-OH is 1. The maximum Gasteiger partial charge on any atom is 0.178 e. The summed E-state index contributed by atoms with van der Waals surface area (Å²) < 4.78 is 23.2. The molecule has 96 valence electrons. The summed E-state index contributed by atoms with van der Waals surface area (Å²) in [5.74, 6) is 0.107. The summed E-state index contributed by atoms with van der Waals surface area (Å²) in [7, 11) is -1.27. The van der Waals surface area contributed by atoms with E-state index in [1.807, 2.05) is 11.9 Å². The van der Waals surface area contributed by atoms with Gasteiger partial charge in [0.1, 0.15) is 0 Å². The van der Waals surface area contributed by atoms with Crippen LogP contribution in [0.3, 0.4) is 0 Å². The van der Waals surface area contributed by atoms with Crippen LogP contribution in [0.2, 0.25) is 0 Å². The van der Waals surface area contributed by atoms with Crippen molar-refractivity contribution in [3.63, 3.8) is 0 Å². The number of hydrogen-bond donors (Lipinski definition) is 1. The van der Waals surface area contributed by atoms with Gasteiger partial charge in [-0.1, -0.05) is 6.92 Å². The zero-order chi connectivity index (χ0) is 13.1. The third kappa shape index (κ3) is 3.71. The summed E-state index contributed by atoms with van der Waals surface area (Å²) in [6.07, 6.45) is -0.418. The zero-order valence-electron chi connectivity index (χ0n) is 10.4. The SMILES string of the molecule is CCS(=O)(=O)c1ccc(N(C)CC(C)O)cc1. The van der Waals surface area contributed by atoms with E-state index in [4.69, 9.17) is 0 Å². The van der Waals surface area contributed by atoms with Gasteiger partial charge in [0.05, 0.1) is 16.8 Å². The lowest BCUT2D eigenvalue weighted by molar-refractivity contribution is 0.201. The second-order valence-electron chi connectivity index (χ2n) is 4.13. The maximum absolute atomic E-state index is 11.6. The summed E-state index contributed by atoms with van der Waals surface area (Å²) in [5, 5.41) is 9.27. The third-order valence-corrected chi connectivity index (χ3v) is 4.31. The van der Waals surface area contributed by atoms with Crippen LogP contribution in [0.25, 0.3) is 0 Å². The van der Waals surface area contributed by atoms with Gasteiger partial charge < -0.3 is 10.0 Å². The second-order valence-corrected chi connectivity index (χ2v) is 6.41. The minimum absolute atomic E-state index is 0.107. The first-order chi connectivity index (χ1) is 7.86. The van der Waals surface area contributed by atoms with Crippen molar-refractivity contribution in [2.45, 2.75) is 24.8 Å². The predicted octanol–water partition coefficient (Wildman–Crippen LogP) is 1.30. The molecule has 5 heteroatoms. The van der Waals surface area contributed by atoms with E-state index in [0.717, 1.165) is 5.69 Å². The van der Waals surface area contributed by atoms with Crippen molar-refractivity contribution in [2.75, 3.05) is 24.2 Å².